The molecule has 1 aliphatic rings. The third-order valence-electron chi connectivity index (χ3n) is 5.41. The molecule has 2 atom stereocenters. The molecule has 1 aliphatic heterocycles. The van der Waals surface area contributed by atoms with Gasteiger partial charge in [-0.2, -0.15) is 0 Å². The minimum atomic E-state index is -2.84. The largest absolute Gasteiger partial charge is 0.518 e. The zero-order valence-corrected chi connectivity index (χ0v) is 22.5. The third kappa shape index (κ3) is 15.8. The molecule has 0 spiro atoms. The van der Waals surface area contributed by atoms with Crippen LogP contribution in [0, 0.1) is 5.92 Å². The number of hydrogen-bond donors (Lipinski definition) is 1. The molecule has 1 rings (SSSR count). The SMILES string of the molecule is CCCCCCOCCOCCO[Si]1(CCCSC(C)=O)OCCC(CCCC)CNO1. The van der Waals surface area contributed by atoms with E-state index in [0.717, 1.165) is 38.2 Å². The minimum Gasteiger partial charge on any atom is -0.379 e. The lowest BCUT2D eigenvalue weighted by atomic mass is 9.99. The van der Waals surface area contributed by atoms with E-state index in [2.05, 4.69) is 19.3 Å². The van der Waals surface area contributed by atoms with Gasteiger partial charge in [0.05, 0.1) is 26.4 Å². The number of rotatable bonds is 19. The summed E-state index contributed by atoms with van der Waals surface area (Å²) in [6, 6.07) is 0.695. The molecule has 1 saturated heterocycles. The molecule has 0 amide bonds. The summed E-state index contributed by atoms with van der Waals surface area (Å²) in [5.74, 6) is 1.33. The Morgan fingerprint density at radius 2 is 1.75 bits per heavy atom. The fraction of sp³-hybridized carbons (Fsp3) is 0.957. The minimum absolute atomic E-state index is 0.138. The summed E-state index contributed by atoms with van der Waals surface area (Å²) in [5, 5.41) is 0.138. The van der Waals surface area contributed by atoms with E-state index in [1.807, 2.05) is 0 Å². The Bertz CT molecular complexity index is 450. The predicted molar refractivity (Wildman–Crippen MR) is 133 cm³/mol. The van der Waals surface area contributed by atoms with Gasteiger partial charge >= 0.3 is 8.80 Å². The number of hydrogen-bond acceptors (Lipinski definition) is 8. The number of nitrogens with one attached hydrogen (secondary N) is 1. The molecule has 1 fully saturated rings. The van der Waals surface area contributed by atoms with E-state index in [-0.39, 0.29) is 5.12 Å². The van der Waals surface area contributed by atoms with Crippen LogP contribution in [0.2, 0.25) is 6.04 Å². The lowest BCUT2D eigenvalue weighted by molar-refractivity contribution is -0.109. The first-order valence-electron chi connectivity index (χ1n) is 12.6. The Labute approximate surface area is 201 Å². The highest BCUT2D eigenvalue weighted by molar-refractivity contribution is 8.13. The maximum absolute atomic E-state index is 11.2. The summed E-state index contributed by atoms with van der Waals surface area (Å²) < 4.78 is 29.7. The van der Waals surface area contributed by atoms with Gasteiger partial charge in [-0.15, -0.1) is 0 Å². The number of ether oxygens (including phenoxy) is 2. The molecule has 0 aromatic heterocycles. The van der Waals surface area contributed by atoms with E-state index in [1.54, 1.807) is 6.92 Å². The first-order valence-corrected chi connectivity index (χ1v) is 15.5. The van der Waals surface area contributed by atoms with Gasteiger partial charge < -0.3 is 18.3 Å². The Morgan fingerprint density at radius 1 is 1.00 bits per heavy atom. The normalized spacial score (nSPS) is 21.9. The van der Waals surface area contributed by atoms with Crippen LogP contribution in [0.1, 0.15) is 78.6 Å². The molecule has 0 bridgehead atoms. The summed E-state index contributed by atoms with van der Waals surface area (Å²) in [6.45, 7) is 10.4. The van der Waals surface area contributed by atoms with Crippen LogP contribution in [0.4, 0.5) is 0 Å². The number of carbonyl (C=O) groups is 1. The zero-order chi connectivity index (χ0) is 23.3. The van der Waals surface area contributed by atoms with Crippen molar-refractivity contribution >= 4 is 25.7 Å². The molecule has 0 radical (unpaired) electrons. The van der Waals surface area contributed by atoms with E-state index >= 15 is 0 Å². The Balaban J connectivity index is 2.32. The summed E-state index contributed by atoms with van der Waals surface area (Å²) in [4.78, 5) is 11.2. The van der Waals surface area contributed by atoms with Gasteiger partial charge in [-0.1, -0.05) is 57.7 Å². The van der Waals surface area contributed by atoms with Gasteiger partial charge in [-0.05, 0) is 31.6 Å². The van der Waals surface area contributed by atoms with Gasteiger partial charge in [0.15, 0.2) is 5.12 Å². The molecule has 7 nitrogen and oxygen atoms in total. The fourth-order valence-electron chi connectivity index (χ4n) is 3.50. The molecular formula is C23H47NO6SSi. The van der Waals surface area contributed by atoms with Crippen LogP contribution in [0.25, 0.3) is 0 Å². The second-order valence-electron chi connectivity index (χ2n) is 8.36. The standard InChI is InChI=1S/C23H47NO6SSi/c1-4-6-8-9-13-26-15-16-27-17-18-29-32(20-10-19-31-22(3)25)28-14-12-23(11-7-5-2)21-24-30-32/h23-24H,4-21H2,1-3H3. The van der Waals surface area contributed by atoms with Crippen LogP contribution in [-0.2, 0) is 27.6 Å². The van der Waals surface area contributed by atoms with Gasteiger partial charge in [0.25, 0.3) is 0 Å². The molecule has 32 heavy (non-hydrogen) atoms. The monoisotopic (exact) mass is 493 g/mol. The first-order chi connectivity index (χ1) is 15.6. The van der Waals surface area contributed by atoms with Crippen LogP contribution >= 0.6 is 11.8 Å². The van der Waals surface area contributed by atoms with Gasteiger partial charge in [0.1, 0.15) is 0 Å². The van der Waals surface area contributed by atoms with Crippen molar-refractivity contribution in [2.24, 2.45) is 5.92 Å². The van der Waals surface area contributed by atoms with Crippen molar-refractivity contribution in [2.75, 3.05) is 51.9 Å². The Morgan fingerprint density at radius 3 is 2.50 bits per heavy atom. The van der Waals surface area contributed by atoms with Crippen molar-refractivity contribution in [1.82, 2.24) is 5.48 Å². The summed E-state index contributed by atoms with van der Waals surface area (Å²) in [7, 11) is -2.84. The van der Waals surface area contributed by atoms with Gasteiger partial charge in [-0.25, -0.2) is 5.48 Å². The molecule has 0 aliphatic carbocycles. The topological polar surface area (TPSA) is 75.3 Å². The second kappa shape index (κ2) is 20.4. The summed E-state index contributed by atoms with van der Waals surface area (Å²) in [5.41, 5.74) is 3.15. The molecule has 1 N–H and O–H groups in total. The maximum Gasteiger partial charge on any atom is 0.518 e. The van der Waals surface area contributed by atoms with Crippen molar-refractivity contribution < 1.29 is 27.6 Å². The molecule has 0 saturated carbocycles. The number of unbranched alkanes of at least 4 members (excludes halogenated alkanes) is 4. The number of thioether (sulfide) groups is 1. The third-order valence-corrected chi connectivity index (χ3v) is 9.02. The van der Waals surface area contributed by atoms with Crippen molar-refractivity contribution in [1.29, 1.82) is 0 Å². The van der Waals surface area contributed by atoms with Crippen molar-refractivity contribution in [3.05, 3.63) is 0 Å². The molecule has 190 valence electrons. The second-order valence-corrected chi connectivity index (χ2v) is 12.3. The number of hydroxylamine groups is 1. The molecule has 0 aromatic carbocycles. The van der Waals surface area contributed by atoms with Gasteiger partial charge in [0, 0.05) is 38.5 Å². The van der Waals surface area contributed by atoms with E-state index in [1.165, 1.54) is 50.3 Å². The van der Waals surface area contributed by atoms with Crippen LogP contribution in [0.15, 0.2) is 0 Å². The Hall–Kier alpha value is -0.00312. The maximum atomic E-state index is 11.2. The van der Waals surface area contributed by atoms with E-state index in [9.17, 15) is 4.79 Å². The molecule has 9 heteroatoms. The van der Waals surface area contributed by atoms with Crippen LogP contribution in [0.3, 0.4) is 0 Å². The van der Waals surface area contributed by atoms with E-state index < -0.39 is 8.80 Å². The van der Waals surface area contributed by atoms with E-state index in [0.29, 0.717) is 45.0 Å². The predicted octanol–water partition coefficient (Wildman–Crippen LogP) is 4.97. The molecular weight excluding hydrogens is 446 g/mol. The molecule has 2 unspecified atom stereocenters. The Kier molecular flexibility index (Phi) is 19.1. The zero-order valence-electron chi connectivity index (χ0n) is 20.7. The fourth-order valence-corrected chi connectivity index (χ4v) is 6.66. The average Bonchev–Trinajstić information content (AvgIpc) is 2.76. The molecule has 0 aromatic rings. The van der Waals surface area contributed by atoms with Crippen LogP contribution in [0.5, 0.6) is 0 Å². The average molecular weight is 494 g/mol. The van der Waals surface area contributed by atoms with Gasteiger partial charge in [0.2, 0.25) is 0 Å². The lowest BCUT2D eigenvalue weighted by Crippen LogP contribution is -2.52. The van der Waals surface area contributed by atoms with Crippen molar-refractivity contribution in [3.8, 4) is 0 Å². The highest BCUT2D eigenvalue weighted by Crippen LogP contribution is 2.23. The molecule has 1 heterocycles. The van der Waals surface area contributed by atoms with Crippen LogP contribution < -0.4 is 5.48 Å². The van der Waals surface area contributed by atoms with Gasteiger partial charge in [-0.3, -0.25) is 9.32 Å². The van der Waals surface area contributed by atoms with Crippen molar-refractivity contribution in [3.63, 3.8) is 0 Å². The highest BCUT2D eigenvalue weighted by Gasteiger charge is 2.42. The van der Waals surface area contributed by atoms with Crippen molar-refractivity contribution in [2.45, 2.75) is 84.6 Å². The highest BCUT2D eigenvalue weighted by atomic mass is 32.2. The lowest BCUT2D eigenvalue weighted by Gasteiger charge is -2.33. The quantitative estimate of drug-likeness (QED) is 0.200. The summed E-state index contributed by atoms with van der Waals surface area (Å²) >= 11 is 1.34. The number of carbonyl (C=O) groups excluding carboxylic acids is 1. The van der Waals surface area contributed by atoms with E-state index in [4.69, 9.17) is 22.9 Å². The first kappa shape index (κ1) is 30.0. The smallest absolute Gasteiger partial charge is 0.379 e. The summed E-state index contributed by atoms with van der Waals surface area (Å²) in [6.07, 6.45) is 10.3. The van der Waals surface area contributed by atoms with Crippen LogP contribution in [-0.4, -0.2) is 65.9 Å².